The number of benzene rings is 2. The van der Waals surface area contributed by atoms with Crippen LogP contribution in [0.5, 0.6) is 5.75 Å². The van der Waals surface area contributed by atoms with Crippen LogP contribution in [0.4, 0.5) is 0 Å². The largest absolute Gasteiger partial charge is 0.489 e. The zero-order chi connectivity index (χ0) is 20.1. The van der Waals surface area contributed by atoms with Crippen molar-refractivity contribution in [2.75, 3.05) is 0 Å². The van der Waals surface area contributed by atoms with Crippen LogP contribution in [-0.4, -0.2) is 5.54 Å². The number of nitrogens with one attached hydrogen (secondary N) is 1. The smallest absolute Gasteiger partial charge is 0.120 e. The number of hydrogen-bond acceptors (Lipinski definition) is 2. The summed E-state index contributed by atoms with van der Waals surface area (Å²) >= 11 is 5.97. The molecule has 4 fully saturated rings. The Morgan fingerprint density at radius 1 is 0.931 bits per heavy atom. The summed E-state index contributed by atoms with van der Waals surface area (Å²) in [7, 11) is 0. The van der Waals surface area contributed by atoms with Crippen LogP contribution in [0.1, 0.15) is 63.5 Å². The summed E-state index contributed by atoms with van der Waals surface area (Å²) in [5.74, 6) is 1.85. The average molecular weight is 410 g/mol. The molecule has 2 unspecified atom stereocenters. The SMILES string of the molecule is C[C@]12CC3CC(NCc4cccc(OCc5ccc(Cl)cc5)c4)(C1)C[C@@](C)(C3)C2. The molecule has 2 aromatic carbocycles. The summed E-state index contributed by atoms with van der Waals surface area (Å²) in [4.78, 5) is 0. The maximum Gasteiger partial charge on any atom is 0.120 e. The maximum atomic E-state index is 6.03. The molecule has 0 saturated heterocycles. The fraction of sp³-hybridized carbons (Fsp3) is 0.538. The monoisotopic (exact) mass is 409 g/mol. The van der Waals surface area contributed by atoms with Gasteiger partial charge in [0.1, 0.15) is 12.4 Å². The predicted molar refractivity (Wildman–Crippen MR) is 119 cm³/mol. The van der Waals surface area contributed by atoms with E-state index in [2.05, 4.69) is 37.4 Å². The third-order valence-corrected chi connectivity index (χ3v) is 7.76. The van der Waals surface area contributed by atoms with Gasteiger partial charge in [0.25, 0.3) is 0 Å². The summed E-state index contributed by atoms with van der Waals surface area (Å²) in [6, 6.07) is 16.4. The summed E-state index contributed by atoms with van der Waals surface area (Å²) in [6.07, 6.45) is 8.37. The maximum absolute atomic E-state index is 6.03. The van der Waals surface area contributed by atoms with Crippen molar-refractivity contribution in [3.63, 3.8) is 0 Å². The van der Waals surface area contributed by atoms with Crippen LogP contribution in [-0.2, 0) is 13.2 Å². The number of ether oxygens (including phenoxy) is 1. The molecule has 6 rings (SSSR count). The van der Waals surface area contributed by atoms with Crippen molar-refractivity contribution in [3.05, 3.63) is 64.7 Å². The zero-order valence-electron chi connectivity index (χ0n) is 17.6. The molecule has 0 amide bonds. The van der Waals surface area contributed by atoms with E-state index in [1.54, 1.807) is 0 Å². The highest BCUT2D eigenvalue weighted by Crippen LogP contribution is 2.66. The van der Waals surface area contributed by atoms with Gasteiger partial charge in [0.2, 0.25) is 0 Å². The lowest BCUT2D eigenvalue weighted by molar-refractivity contribution is -0.118. The van der Waals surface area contributed by atoms with Crippen molar-refractivity contribution in [1.29, 1.82) is 0 Å². The van der Waals surface area contributed by atoms with Gasteiger partial charge in [-0.25, -0.2) is 0 Å². The minimum Gasteiger partial charge on any atom is -0.489 e. The van der Waals surface area contributed by atoms with Crippen molar-refractivity contribution in [2.45, 2.75) is 71.1 Å². The molecule has 0 radical (unpaired) electrons. The first-order valence-electron chi connectivity index (χ1n) is 11.0. The van der Waals surface area contributed by atoms with Crippen LogP contribution in [0.15, 0.2) is 48.5 Å². The van der Waals surface area contributed by atoms with Crippen molar-refractivity contribution in [2.24, 2.45) is 16.7 Å². The first kappa shape index (κ1) is 19.5. The topological polar surface area (TPSA) is 21.3 Å². The molecule has 2 nitrogen and oxygen atoms in total. The Balaban J connectivity index is 1.24. The fourth-order valence-corrected chi connectivity index (χ4v) is 7.55. The lowest BCUT2D eigenvalue weighted by Gasteiger charge is -2.65. The molecule has 4 aliphatic rings. The molecule has 0 spiro atoms. The highest BCUT2D eigenvalue weighted by Gasteiger charge is 2.59. The fourth-order valence-electron chi connectivity index (χ4n) is 7.43. The van der Waals surface area contributed by atoms with E-state index in [0.717, 1.165) is 28.8 Å². The van der Waals surface area contributed by atoms with Crippen LogP contribution < -0.4 is 10.1 Å². The van der Waals surface area contributed by atoms with Gasteiger partial charge in [0.05, 0.1) is 0 Å². The summed E-state index contributed by atoms with van der Waals surface area (Å²) in [6.45, 7) is 6.57. The molecule has 2 aromatic rings. The van der Waals surface area contributed by atoms with E-state index >= 15 is 0 Å². The van der Waals surface area contributed by atoms with E-state index < -0.39 is 0 Å². The van der Waals surface area contributed by atoms with Crippen molar-refractivity contribution in [1.82, 2.24) is 5.32 Å². The first-order valence-corrected chi connectivity index (χ1v) is 11.4. The Morgan fingerprint density at radius 2 is 1.66 bits per heavy atom. The van der Waals surface area contributed by atoms with E-state index in [1.165, 1.54) is 44.1 Å². The lowest BCUT2D eigenvalue weighted by Crippen LogP contribution is -2.63. The van der Waals surface area contributed by atoms with Gasteiger partial charge in [0.15, 0.2) is 0 Å². The second-order valence-electron chi connectivity index (χ2n) is 10.8. The number of halogens is 1. The third-order valence-electron chi connectivity index (χ3n) is 7.51. The van der Waals surface area contributed by atoms with Gasteiger partial charge >= 0.3 is 0 Å². The van der Waals surface area contributed by atoms with Gasteiger partial charge in [-0.15, -0.1) is 0 Å². The zero-order valence-corrected chi connectivity index (χ0v) is 18.4. The molecule has 4 atom stereocenters. The van der Waals surface area contributed by atoms with E-state index in [1.807, 2.05) is 30.3 Å². The van der Waals surface area contributed by atoms with Gasteiger partial charge < -0.3 is 10.1 Å². The Bertz CT molecular complexity index is 874. The molecule has 0 heterocycles. The van der Waals surface area contributed by atoms with Gasteiger partial charge in [-0.05, 0) is 90.7 Å². The van der Waals surface area contributed by atoms with Crippen molar-refractivity contribution in [3.8, 4) is 5.75 Å². The molecular formula is C26H32ClNO. The second kappa shape index (κ2) is 7.03. The third kappa shape index (κ3) is 4.07. The van der Waals surface area contributed by atoms with E-state index in [4.69, 9.17) is 16.3 Å². The highest BCUT2D eigenvalue weighted by molar-refractivity contribution is 6.30. The van der Waals surface area contributed by atoms with Crippen LogP contribution in [0.25, 0.3) is 0 Å². The van der Waals surface area contributed by atoms with E-state index in [0.29, 0.717) is 23.0 Å². The Labute approximate surface area is 180 Å². The quantitative estimate of drug-likeness (QED) is 0.569. The second-order valence-corrected chi connectivity index (χ2v) is 11.3. The molecule has 1 N–H and O–H groups in total. The molecule has 29 heavy (non-hydrogen) atoms. The minimum absolute atomic E-state index is 0.336. The van der Waals surface area contributed by atoms with Gasteiger partial charge in [-0.1, -0.05) is 49.7 Å². The molecule has 3 heteroatoms. The molecule has 154 valence electrons. The molecule has 0 aromatic heterocycles. The normalized spacial score (nSPS) is 35.1. The van der Waals surface area contributed by atoms with Crippen LogP contribution >= 0.6 is 11.6 Å². The average Bonchev–Trinajstić information content (AvgIpc) is 2.64. The summed E-state index contributed by atoms with van der Waals surface area (Å²) in [5.41, 5.74) is 3.87. The summed E-state index contributed by atoms with van der Waals surface area (Å²) < 4.78 is 6.03. The van der Waals surface area contributed by atoms with Crippen LogP contribution in [0.3, 0.4) is 0 Å². The van der Waals surface area contributed by atoms with Crippen molar-refractivity contribution >= 4 is 11.6 Å². The molecule has 4 saturated carbocycles. The number of hydrogen-bond donors (Lipinski definition) is 1. The molecule has 4 aliphatic carbocycles. The lowest BCUT2D eigenvalue weighted by atomic mass is 9.43. The Kier molecular flexibility index (Phi) is 4.71. The van der Waals surface area contributed by atoms with Gasteiger partial charge in [-0.2, -0.15) is 0 Å². The van der Waals surface area contributed by atoms with Gasteiger partial charge in [0, 0.05) is 17.1 Å². The minimum atomic E-state index is 0.336. The van der Waals surface area contributed by atoms with E-state index in [9.17, 15) is 0 Å². The number of rotatable bonds is 6. The molecule has 4 bridgehead atoms. The van der Waals surface area contributed by atoms with E-state index in [-0.39, 0.29) is 0 Å². The molecule has 0 aliphatic heterocycles. The Morgan fingerprint density at radius 3 is 2.34 bits per heavy atom. The first-order chi connectivity index (χ1) is 13.8. The van der Waals surface area contributed by atoms with Crippen molar-refractivity contribution < 1.29 is 4.74 Å². The Hall–Kier alpha value is -1.51. The highest BCUT2D eigenvalue weighted by atomic mass is 35.5. The van der Waals surface area contributed by atoms with Crippen LogP contribution in [0.2, 0.25) is 5.02 Å². The van der Waals surface area contributed by atoms with Gasteiger partial charge in [-0.3, -0.25) is 0 Å². The standard InChI is InChI=1S/C26H32ClNO/c1-24-11-21-12-25(2,16-24)18-26(13-21,17-24)28-14-20-4-3-5-23(10-20)29-15-19-6-8-22(27)9-7-19/h3-10,21,28H,11-18H2,1-2H3/t21?,24-,25+,26?. The van der Waals surface area contributed by atoms with Crippen LogP contribution in [0, 0.1) is 16.7 Å². The summed E-state index contributed by atoms with van der Waals surface area (Å²) in [5, 5.41) is 4.79. The molecular weight excluding hydrogens is 378 g/mol. The predicted octanol–water partition coefficient (Wildman–Crippen LogP) is 6.76.